The molecule has 2 N–H and O–H groups in total. The Hall–Kier alpha value is -0.850. The summed E-state index contributed by atoms with van der Waals surface area (Å²) in [6, 6.07) is 5.64. The Kier molecular flexibility index (Phi) is 3.68. The third-order valence-electron chi connectivity index (χ3n) is 4.41. The van der Waals surface area contributed by atoms with Crippen molar-refractivity contribution in [1.82, 2.24) is 0 Å². The molecule has 1 heterocycles. The molecule has 1 spiro atoms. The Morgan fingerprint density at radius 2 is 1.42 bits per heavy atom. The minimum absolute atomic E-state index is 0.180. The van der Waals surface area contributed by atoms with Crippen molar-refractivity contribution in [2.24, 2.45) is 0 Å². The summed E-state index contributed by atoms with van der Waals surface area (Å²) < 4.78 is 5.53. The van der Waals surface area contributed by atoms with Crippen molar-refractivity contribution in [2.75, 3.05) is 0 Å². The molecule has 0 radical (unpaired) electrons. The fraction of sp³-hybridized carbons (Fsp3) is 0.188. The zero-order valence-corrected chi connectivity index (χ0v) is 14.7. The summed E-state index contributed by atoms with van der Waals surface area (Å²) in [5.41, 5.74) is -0.796. The van der Waals surface area contributed by atoms with Crippen molar-refractivity contribution in [1.29, 1.82) is 0 Å². The molecule has 4 rings (SSSR count). The van der Waals surface area contributed by atoms with E-state index in [-0.39, 0.29) is 42.3 Å². The third kappa shape index (κ3) is 1.96. The van der Waals surface area contributed by atoms with Crippen LogP contribution < -0.4 is 0 Å². The number of halogens is 4. The fourth-order valence-corrected chi connectivity index (χ4v) is 3.98. The van der Waals surface area contributed by atoms with E-state index in [2.05, 4.69) is 0 Å². The molecule has 0 amide bonds. The Bertz CT molecular complexity index is 913. The van der Waals surface area contributed by atoms with Gasteiger partial charge in [-0.15, -0.1) is 0 Å². The lowest BCUT2D eigenvalue weighted by Crippen LogP contribution is -2.36. The van der Waals surface area contributed by atoms with Gasteiger partial charge in [-0.3, -0.25) is 4.79 Å². The Balaban J connectivity index is 1.99. The third-order valence-corrected chi connectivity index (χ3v) is 5.85. The molecule has 0 bridgehead atoms. The van der Waals surface area contributed by atoms with Crippen LogP contribution in [0, 0.1) is 0 Å². The number of benzene rings is 2. The van der Waals surface area contributed by atoms with Crippen LogP contribution in [0.25, 0.3) is 0 Å². The molecule has 1 aliphatic carbocycles. The summed E-state index contributed by atoms with van der Waals surface area (Å²) in [5, 5.41) is 21.8. The molecule has 2 aromatic rings. The summed E-state index contributed by atoms with van der Waals surface area (Å²) in [6.07, 6.45) is -2.79. The SMILES string of the molecule is O=C1c2cc(Cl)c(Cl)cc2[C@@H](O)[C@@]12O[C@H](O)c1cc(Cl)c(Cl)cc12. The summed E-state index contributed by atoms with van der Waals surface area (Å²) in [7, 11) is 0. The van der Waals surface area contributed by atoms with E-state index < -0.39 is 23.8 Å². The molecule has 0 saturated carbocycles. The second kappa shape index (κ2) is 5.32. The van der Waals surface area contributed by atoms with Gasteiger partial charge in [-0.1, -0.05) is 46.4 Å². The fourth-order valence-electron chi connectivity index (χ4n) is 3.31. The molecule has 124 valence electrons. The number of hydrogen-bond donors (Lipinski definition) is 2. The highest BCUT2D eigenvalue weighted by molar-refractivity contribution is 6.43. The van der Waals surface area contributed by atoms with Gasteiger partial charge in [0.05, 0.1) is 20.1 Å². The molecule has 1 aliphatic heterocycles. The molecule has 0 fully saturated rings. The molecule has 3 atom stereocenters. The van der Waals surface area contributed by atoms with Crippen LogP contribution in [0.3, 0.4) is 0 Å². The summed E-state index contributed by atoms with van der Waals surface area (Å²) >= 11 is 24.0. The molecular weight excluding hydrogens is 398 g/mol. The Labute approximate surface area is 156 Å². The van der Waals surface area contributed by atoms with Gasteiger partial charge in [-0.25, -0.2) is 0 Å². The molecule has 2 aromatic carbocycles. The smallest absolute Gasteiger partial charge is 0.202 e. The van der Waals surface area contributed by atoms with Crippen LogP contribution in [0.15, 0.2) is 24.3 Å². The molecule has 4 nitrogen and oxygen atoms in total. The summed E-state index contributed by atoms with van der Waals surface area (Å²) in [6.45, 7) is 0. The van der Waals surface area contributed by atoms with E-state index >= 15 is 0 Å². The van der Waals surface area contributed by atoms with Crippen molar-refractivity contribution >= 4 is 52.2 Å². The zero-order valence-electron chi connectivity index (χ0n) is 11.7. The largest absolute Gasteiger partial charge is 0.384 e. The number of hydrogen-bond acceptors (Lipinski definition) is 4. The predicted molar refractivity (Wildman–Crippen MR) is 89.9 cm³/mol. The minimum Gasteiger partial charge on any atom is -0.384 e. The molecule has 24 heavy (non-hydrogen) atoms. The van der Waals surface area contributed by atoms with Crippen LogP contribution in [0.1, 0.15) is 39.4 Å². The number of carbonyl (C=O) groups excluding carboxylic acids is 1. The van der Waals surface area contributed by atoms with E-state index in [0.29, 0.717) is 0 Å². The first kappa shape index (κ1) is 16.6. The number of rotatable bonds is 0. The lowest BCUT2D eigenvalue weighted by atomic mass is 9.86. The number of ketones is 1. The average molecular weight is 406 g/mol. The molecule has 0 unspecified atom stereocenters. The van der Waals surface area contributed by atoms with Gasteiger partial charge in [0.1, 0.15) is 6.10 Å². The number of aliphatic hydroxyl groups excluding tert-OH is 2. The van der Waals surface area contributed by atoms with Crippen LogP contribution in [-0.4, -0.2) is 16.0 Å². The summed E-state index contributed by atoms with van der Waals surface area (Å²) in [4.78, 5) is 13.0. The Morgan fingerprint density at radius 1 is 0.875 bits per heavy atom. The quantitative estimate of drug-likeness (QED) is 0.679. The molecule has 8 heteroatoms. The normalized spacial score (nSPS) is 27.7. The maximum Gasteiger partial charge on any atom is 0.202 e. The maximum absolute atomic E-state index is 13.0. The van der Waals surface area contributed by atoms with E-state index in [4.69, 9.17) is 51.1 Å². The molecular formula is C16H8Cl4O4. The van der Waals surface area contributed by atoms with Crippen molar-refractivity contribution in [2.45, 2.75) is 18.0 Å². The first-order chi connectivity index (χ1) is 11.3. The molecule has 0 aromatic heterocycles. The maximum atomic E-state index is 13.0. The lowest BCUT2D eigenvalue weighted by Gasteiger charge is -2.27. The van der Waals surface area contributed by atoms with Gasteiger partial charge >= 0.3 is 0 Å². The van der Waals surface area contributed by atoms with Crippen LogP contribution in [0.5, 0.6) is 0 Å². The van der Waals surface area contributed by atoms with Gasteiger partial charge in [-0.05, 0) is 29.8 Å². The van der Waals surface area contributed by atoms with Gasteiger partial charge in [0.15, 0.2) is 11.9 Å². The number of carbonyl (C=O) groups is 1. The highest BCUT2D eigenvalue weighted by Crippen LogP contribution is 2.57. The zero-order chi connectivity index (χ0) is 17.4. The van der Waals surface area contributed by atoms with Gasteiger partial charge < -0.3 is 14.9 Å². The number of ether oxygens (including phenoxy) is 1. The van der Waals surface area contributed by atoms with E-state index in [1.165, 1.54) is 24.3 Å². The second-order valence-corrected chi connectivity index (χ2v) is 7.27. The van der Waals surface area contributed by atoms with Crippen molar-refractivity contribution < 1.29 is 19.7 Å². The van der Waals surface area contributed by atoms with Gasteiger partial charge in [0, 0.05) is 16.7 Å². The topological polar surface area (TPSA) is 66.8 Å². The van der Waals surface area contributed by atoms with E-state index in [1.807, 2.05) is 0 Å². The van der Waals surface area contributed by atoms with Gasteiger partial charge in [0.25, 0.3) is 0 Å². The van der Waals surface area contributed by atoms with Crippen molar-refractivity contribution in [3.05, 3.63) is 66.6 Å². The first-order valence-corrected chi connectivity index (χ1v) is 8.35. The van der Waals surface area contributed by atoms with E-state index in [9.17, 15) is 15.0 Å². The van der Waals surface area contributed by atoms with Crippen molar-refractivity contribution in [3.8, 4) is 0 Å². The van der Waals surface area contributed by atoms with Gasteiger partial charge in [0.2, 0.25) is 5.78 Å². The highest BCUT2D eigenvalue weighted by Gasteiger charge is 2.61. The van der Waals surface area contributed by atoms with E-state index in [1.54, 1.807) is 0 Å². The number of Topliss-reactive ketones (excluding diaryl/α,β-unsaturated/α-hetero) is 1. The number of fused-ring (bicyclic) bond motifs is 3. The predicted octanol–water partition coefficient (Wildman–Crippen LogP) is 4.45. The number of aliphatic hydroxyl groups is 2. The van der Waals surface area contributed by atoms with E-state index in [0.717, 1.165) is 0 Å². The minimum atomic E-state index is -1.81. The standard InChI is InChI=1S/C16H8Cl4O4/c17-9-1-5-6(2-10(9)18)14(22)16(13(5)21)8-4-12(20)11(19)3-7(8)15(23)24-16/h1-4,13,15,21,23H/t13-,15+,16-/m1/s1. The second-order valence-electron chi connectivity index (χ2n) is 5.64. The first-order valence-electron chi connectivity index (χ1n) is 6.84. The summed E-state index contributed by atoms with van der Waals surface area (Å²) in [5.74, 6) is -0.528. The monoisotopic (exact) mass is 404 g/mol. The highest BCUT2D eigenvalue weighted by atomic mass is 35.5. The van der Waals surface area contributed by atoms with Crippen LogP contribution in [0.2, 0.25) is 20.1 Å². The molecule has 0 saturated heterocycles. The van der Waals surface area contributed by atoms with Gasteiger partial charge in [-0.2, -0.15) is 0 Å². The van der Waals surface area contributed by atoms with Crippen LogP contribution in [0.4, 0.5) is 0 Å². The van der Waals surface area contributed by atoms with Crippen molar-refractivity contribution in [3.63, 3.8) is 0 Å². The van der Waals surface area contributed by atoms with Crippen LogP contribution >= 0.6 is 46.4 Å². The Morgan fingerprint density at radius 3 is 2.08 bits per heavy atom. The lowest BCUT2D eigenvalue weighted by molar-refractivity contribution is -0.185. The average Bonchev–Trinajstić information content (AvgIpc) is 2.91. The van der Waals surface area contributed by atoms with Crippen LogP contribution in [-0.2, 0) is 10.3 Å². The molecule has 2 aliphatic rings.